The first-order valence-corrected chi connectivity index (χ1v) is 7.60. The Kier molecular flexibility index (Phi) is 4.31. The summed E-state index contributed by atoms with van der Waals surface area (Å²) in [5.41, 5.74) is 2.20. The summed E-state index contributed by atoms with van der Waals surface area (Å²) < 4.78 is 0. The Hall–Kier alpha value is -0.980. The quantitative estimate of drug-likeness (QED) is 0.915. The average Bonchev–Trinajstić information content (AvgIpc) is 2.93. The van der Waals surface area contributed by atoms with Gasteiger partial charge in [-0.25, -0.2) is 9.97 Å². The van der Waals surface area contributed by atoms with E-state index in [1.165, 1.54) is 4.88 Å². The number of nitrogens with one attached hydrogen (secondary N) is 1. The van der Waals surface area contributed by atoms with E-state index >= 15 is 0 Å². The maximum Gasteiger partial charge on any atom is 0.182 e. The number of aromatic nitrogens is 2. The zero-order chi connectivity index (χ0) is 13.1. The Morgan fingerprint density at radius 1 is 1.33 bits per heavy atom. The Bertz CT molecular complexity index is 516. The van der Waals surface area contributed by atoms with Crippen molar-refractivity contribution in [3.05, 3.63) is 16.1 Å². The van der Waals surface area contributed by atoms with Gasteiger partial charge in [0.05, 0.1) is 16.3 Å². The van der Waals surface area contributed by atoms with Crippen molar-refractivity contribution >= 4 is 27.8 Å². The van der Waals surface area contributed by atoms with Gasteiger partial charge in [-0.15, -0.1) is 22.7 Å². The highest BCUT2D eigenvalue weighted by Crippen LogP contribution is 2.33. The Labute approximate surface area is 116 Å². The molecule has 0 amide bonds. The first kappa shape index (κ1) is 13.5. The number of hydrogen-bond acceptors (Lipinski definition) is 6. The van der Waals surface area contributed by atoms with E-state index in [4.69, 9.17) is 4.98 Å². The predicted octanol–water partition coefficient (Wildman–Crippen LogP) is 2.93. The van der Waals surface area contributed by atoms with Crippen molar-refractivity contribution in [2.45, 2.75) is 19.9 Å². The summed E-state index contributed by atoms with van der Waals surface area (Å²) in [6, 6.07) is 0. The first-order valence-electron chi connectivity index (χ1n) is 5.91. The number of thiazole rings is 2. The van der Waals surface area contributed by atoms with E-state index in [1.807, 2.05) is 7.05 Å². The fraction of sp³-hybridized carbons (Fsp3) is 0.500. The molecule has 0 aromatic carbocycles. The van der Waals surface area contributed by atoms with Crippen LogP contribution >= 0.6 is 22.7 Å². The number of rotatable bonds is 5. The zero-order valence-corrected chi connectivity index (χ0v) is 12.8. The summed E-state index contributed by atoms with van der Waals surface area (Å²) in [6.07, 6.45) is 0.950. The molecule has 4 nitrogen and oxygen atoms in total. The second kappa shape index (κ2) is 5.77. The van der Waals surface area contributed by atoms with Gasteiger partial charge in [0, 0.05) is 19.0 Å². The van der Waals surface area contributed by atoms with Crippen molar-refractivity contribution in [2.75, 3.05) is 26.5 Å². The minimum Gasteiger partial charge on any atom is -0.365 e. The molecule has 0 aliphatic rings. The van der Waals surface area contributed by atoms with E-state index in [-0.39, 0.29) is 0 Å². The molecule has 1 N–H and O–H groups in total. The van der Waals surface area contributed by atoms with Crippen LogP contribution < -0.4 is 5.32 Å². The number of nitrogens with zero attached hydrogens (tertiary/aromatic N) is 3. The number of aryl methyl sites for hydroxylation is 1. The molecule has 0 unspecified atom stereocenters. The molecule has 0 aliphatic carbocycles. The lowest BCUT2D eigenvalue weighted by Gasteiger charge is -2.04. The SMILES string of the molecule is CCc1nc(CN(C)C)sc1-c1csc(NC)n1. The molecule has 0 atom stereocenters. The van der Waals surface area contributed by atoms with Crippen molar-refractivity contribution in [1.29, 1.82) is 0 Å². The maximum absolute atomic E-state index is 4.70. The molecule has 0 saturated carbocycles. The van der Waals surface area contributed by atoms with Crippen molar-refractivity contribution in [1.82, 2.24) is 14.9 Å². The fourth-order valence-electron chi connectivity index (χ4n) is 1.67. The van der Waals surface area contributed by atoms with E-state index < -0.39 is 0 Å². The minimum atomic E-state index is 0.890. The van der Waals surface area contributed by atoms with Crippen molar-refractivity contribution < 1.29 is 0 Å². The third-order valence-electron chi connectivity index (χ3n) is 2.48. The van der Waals surface area contributed by atoms with Crippen molar-refractivity contribution in [2.24, 2.45) is 0 Å². The van der Waals surface area contributed by atoms with Gasteiger partial charge in [0.25, 0.3) is 0 Å². The largest absolute Gasteiger partial charge is 0.365 e. The average molecular weight is 282 g/mol. The minimum absolute atomic E-state index is 0.890. The maximum atomic E-state index is 4.70. The highest BCUT2D eigenvalue weighted by atomic mass is 32.1. The van der Waals surface area contributed by atoms with Crippen LogP contribution in [0.15, 0.2) is 5.38 Å². The molecule has 2 rings (SSSR count). The van der Waals surface area contributed by atoms with Crippen LogP contribution in [-0.4, -0.2) is 36.0 Å². The first-order chi connectivity index (χ1) is 8.63. The lowest BCUT2D eigenvalue weighted by atomic mass is 10.2. The van der Waals surface area contributed by atoms with E-state index in [2.05, 4.69) is 41.6 Å². The topological polar surface area (TPSA) is 41.1 Å². The summed E-state index contributed by atoms with van der Waals surface area (Å²) in [4.78, 5) is 12.6. The summed E-state index contributed by atoms with van der Waals surface area (Å²) in [6.45, 7) is 3.03. The Morgan fingerprint density at radius 2 is 2.11 bits per heavy atom. The predicted molar refractivity (Wildman–Crippen MR) is 79.5 cm³/mol. The van der Waals surface area contributed by atoms with Gasteiger partial charge < -0.3 is 10.2 Å². The second-order valence-electron chi connectivity index (χ2n) is 4.26. The standard InChI is InChI=1S/C12H18N4S2/c1-5-8-11(9-7-17-12(13-2)15-9)18-10(14-8)6-16(3)4/h7H,5-6H2,1-4H3,(H,13,15). The molecular formula is C12H18N4S2. The van der Waals surface area contributed by atoms with Gasteiger partial charge in [-0.2, -0.15) is 0 Å². The molecule has 0 radical (unpaired) electrons. The van der Waals surface area contributed by atoms with E-state index in [9.17, 15) is 0 Å². The van der Waals surface area contributed by atoms with Crippen LogP contribution in [0.1, 0.15) is 17.6 Å². The molecule has 2 aromatic heterocycles. The van der Waals surface area contributed by atoms with Gasteiger partial charge in [-0.1, -0.05) is 6.92 Å². The van der Waals surface area contributed by atoms with Crippen LogP contribution in [-0.2, 0) is 13.0 Å². The summed E-state index contributed by atoms with van der Waals surface area (Å²) in [7, 11) is 6.02. The summed E-state index contributed by atoms with van der Waals surface area (Å²) in [5.74, 6) is 0. The lowest BCUT2D eigenvalue weighted by molar-refractivity contribution is 0.401. The van der Waals surface area contributed by atoms with Gasteiger partial charge in [-0.3, -0.25) is 0 Å². The molecule has 0 fully saturated rings. The van der Waals surface area contributed by atoms with Gasteiger partial charge in [0.1, 0.15) is 5.01 Å². The molecule has 18 heavy (non-hydrogen) atoms. The van der Waals surface area contributed by atoms with E-state index in [0.29, 0.717) is 0 Å². The van der Waals surface area contributed by atoms with Crippen LogP contribution in [0.2, 0.25) is 0 Å². The molecule has 0 saturated heterocycles. The highest BCUT2D eigenvalue weighted by molar-refractivity contribution is 7.16. The smallest absolute Gasteiger partial charge is 0.182 e. The van der Waals surface area contributed by atoms with E-state index in [0.717, 1.165) is 34.5 Å². The molecule has 0 aliphatic heterocycles. The van der Waals surface area contributed by atoms with Gasteiger partial charge in [0.2, 0.25) is 0 Å². The third kappa shape index (κ3) is 2.88. The molecule has 2 heterocycles. The molecule has 0 spiro atoms. The molecular weight excluding hydrogens is 264 g/mol. The summed E-state index contributed by atoms with van der Waals surface area (Å²) in [5, 5.41) is 7.28. The monoisotopic (exact) mass is 282 g/mol. The number of hydrogen-bond donors (Lipinski definition) is 1. The number of anilines is 1. The van der Waals surface area contributed by atoms with Crippen LogP contribution in [0.25, 0.3) is 10.6 Å². The Morgan fingerprint density at radius 3 is 2.67 bits per heavy atom. The molecule has 0 bridgehead atoms. The molecule has 98 valence electrons. The summed E-state index contributed by atoms with van der Waals surface area (Å²) >= 11 is 3.39. The van der Waals surface area contributed by atoms with E-state index in [1.54, 1.807) is 22.7 Å². The van der Waals surface area contributed by atoms with Gasteiger partial charge >= 0.3 is 0 Å². The second-order valence-corrected chi connectivity index (χ2v) is 6.20. The molecule has 6 heteroatoms. The van der Waals surface area contributed by atoms with Crippen LogP contribution in [0.4, 0.5) is 5.13 Å². The van der Waals surface area contributed by atoms with Crippen LogP contribution in [0.3, 0.4) is 0 Å². The zero-order valence-electron chi connectivity index (χ0n) is 11.1. The fourth-order valence-corrected chi connectivity index (χ4v) is 3.64. The van der Waals surface area contributed by atoms with Crippen LogP contribution in [0, 0.1) is 0 Å². The van der Waals surface area contributed by atoms with Crippen molar-refractivity contribution in [3.63, 3.8) is 0 Å². The molecule has 2 aromatic rings. The third-order valence-corrected chi connectivity index (χ3v) is 4.44. The highest BCUT2D eigenvalue weighted by Gasteiger charge is 2.14. The van der Waals surface area contributed by atoms with Crippen LogP contribution in [0.5, 0.6) is 0 Å². The lowest BCUT2D eigenvalue weighted by Crippen LogP contribution is -2.10. The normalized spacial score (nSPS) is 11.2. The van der Waals surface area contributed by atoms with Crippen molar-refractivity contribution in [3.8, 4) is 10.6 Å². The Balaban J connectivity index is 2.33. The van der Waals surface area contributed by atoms with Gasteiger partial charge in [-0.05, 0) is 20.5 Å². The van der Waals surface area contributed by atoms with Gasteiger partial charge in [0.15, 0.2) is 5.13 Å².